The van der Waals surface area contributed by atoms with Gasteiger partial charge in [-0.05, 0) is 36.2 Å². The molecule has 1 nitrogen and oxygen atoms in total. The predicted octanol–water partition coefficient (Wildman–Crippen LogP) is 4.80. The maximum Gasteiger partial charge on any atom is 0.130 e. The van der Waals surface area contributed by atoms with E-state index < -0.39 is 5.82 Å². The van der Waals surface area contributed by atoms with E-state index in [0.717, 1.165) is 0 Å². The molecule has 94 valence electrons. The molecular formula is C14H11ClF2O. The van der Waals surface area contributed by atoms with E-state index in [0.29, 0.717) is 22.6 Å². The Balaban J connectivity index is 2.27. The van der Waals surface area contributed by atoms with Gasteiger partial charge in [0.25, 0.3) is 0 Å². The van der Waals surface area contributed by atoms with Crippen molar-refractivity contribution < 1.29 is 13.5 Å². The molecule has 0 amide bonds. The lowest BCUT2D eigenvalue weighted by molar-refractivity contribution is 0.470. The third-order valence-corrected chi connectivity index (χ3v) is 2.77. The fourth-order valence-corrected chi connectivity index (χ4v) is 1.68. The Morgan fingerprint density at radius 3 is 2.50 bits per heavy atom. The maximum absolute atomic E-state index is 13.3. The Morgan fingerprint density at radius 2 is 1.83 bits per heavy atom. The van der Waals surface area contributed by atoms with Crippen LogP contribution < -0.4 is 4.74 Å². The van der Waals surface area contributed by atoms with Crippen LogP contribution in [0.15, 0.2) is 36.4 Å². The highest BCUT2D eigenvalue weighted by atomic mass is 35.5. The molecule has 0 atom stereocenters. The second-order valence-corrected chi connectivity index (χ2v) is 4.21. The molecule has 0 aliphatic rings. The van der Waals surface area contributed by atoms with Gasteiger partial charge in [0, 0.05) is 18.0 Å². The van der Waals surface area contributed by atoms with Gasteiger partial charge in [0.2, 0.25) is 0 Å². The molecule has 0 saturated carbocycles. The average molecular weight is 269 g/mol. The summed E-state index contributed by atoms with van der Waals surface area (Å²) in [7, 11) is 0. The molecule has 0 aliphatic carbocycles. The minimum atomic E-state index is -0.435. The Hall–Kier alpha value is -1.61. The van der Waals surface area contributed by atoms with Gasteiger partial charge < -0.3 is 4.74 Å². The van der Waals surface area contributed by atoms with E-state index in [1.54, 1.807) is 25.1 Å². The average Bonchev–Trinajstić information content (AvgIpc) is 2.33. The van der Waals surface area contributed by atoms with Gasteiger partial charge in [-0.2, -0.15) is 0 Å². The smallest absolute Gasteiger partial charge is 0.130 e. The number of alkyl halides is 1. The highest BCUT2D eigenvalue weighted by Gasteiger charge is 2.05. The number of ether oxygens (including phenoxy) is 1. The van der Waals surface area contributed by atoms with Crippen LogP contribution in [0.25, 0.3) is 0 Å². The third kappa shape index (κ3) is 2.99. The lowest BCUT2D eigenvalue weighted by Crippen LogP contribution is -1.90. The summed E-state index contributed by atoms with van der Waals surface area (Å²) in [5.74, 6) is 0.0199. The number of hydrogen-bond acceptors (Lipinski definition) is 1. The second kappa shape index (κ2) is 5.36. The number of aryl methyl sites for hydroxylation is 1. The quantitative estimate of drug-likeness (QED) is 0.726. The summed E-state index contributed by atoms with van der Waals surface area (Å²) in [4.78, 5) is 0. The first-order valence-corrected chi connectivity index (χ1v) is 5.91. The van der Waals surface area contributed by atoms with Crippen LogP contribution in [0.4, 0.5) is 8.78 Å². The minimum Gasteiger partial charge on any atom is -0.457 e. The molecule has 0 fully saturated rings. The van der Waals surface area contributed by atoms with Crippen LogP contribution in [0.1, 0.15) is 11.1 Å². The molecule has 18 heavy (non-hydrogen) atoms. The summed E-state index contributed by atoms with van der Waals surface area (Å²) in [5.41, 5.74) is 1.14. The van der Waals surface area contributed by atoms with E-state index in [9.17, 15) is 8.78 Å². The SMILES string of the molecule is Cc1ccc(Oc2cc(F)cc(CCl)c2)cc1F. The summed E-state index contributed by atoms with van der Waals surface area (Å²) in [5, 5.41) is 0. The number of hydrogen-bond donors (Lipinski definition) is 0. The standard InChI is InChI=1S/C14H11ClF2O/c1-9-2-3-12(7-14(9)17)18-13-5-10(8-15)4-11(16)6-13/h2-7H,8H2,1H3. The van der Waals surface area contributed by atoms with E-state index in [-0.39, 0.29) is 11.7 Å². The fourth-order valence-electron chi connectivity index (χ4n) is 1.53. The third-order valence-electron chi connectivity index (χ3n) is 2.46. The lowest BCUT2D eigenvalue weighted by atomic mass is 10.2. The normalized spacial score (nSPS) is 10.4. The van der Waals surface area contributed by atoms with Crippen LogP contribution in [-0.2, 0) is 5.88 Å². The van der Waals surface area contributed by atoms with Crippen molar-refractivity contribution in [3.05, 3.63) is 59.2 Å². The predicted molar refractivity (Wildman–Crippen MR) is 67.2 cm³/mol. The molecule has 2 aromatic rings. The van der Waals surface area contributed by atoms with E-state index in [2.05, 4.69) is 0 Å². The lowest BCUT2D eigenvalue weighted by Gasteiger charge is -2.08. The summed E-state index contributed by atoms with van der Waals surface area (Å²) >= 11 is 5.64. The van der Waals surface area contributed by atoms with Gasteiger partial charge in [-0.25, -0.2) is 8.78 Å². The molecule has 2 aromatic carbocycles. The van der Waals surface area contributed by atoms with Crippen molar-refractivity contribution >= 4 is 11.6 Å². The monoisotopic (exact) mass is 268 g/mol. The molecule has 0 spiro atoms. The molecular weight excluding hydrogens is 258 g/mol. The highest BCUT2D eigenvalue weighted by molar-refractivity contribution is 6.17. The van der Waals surface area contributed by atoms with Gasteiger partial charge in [-0.3, -0.25) is 0 Å². The Labute approximate surface area is 109 Å². The molecule has 0 aromatic heterocycles. The number of rotatable bonds is 3. The Kier molecular flexibility index (Phi) is 3.82. The molecule has 0 heterocycles. The largest absolute Gasteiger partial charge is 0.457 e. The van der Waals surface area contributed by atoms with Crippen molar-refractivity contribution in [3.8, 4) is 11.5 Å². The van der Waals surface area contributed by atoms with Crippen molar-refractivity contribution in [1.82, 2.24) is 0 Å². The van der Waals surface area contributed by atoms with Gasteiger partial charge in [0.1, 0.15) is 23.1 Å². The first kappa shape index (κ1) is 12.8. The zero-order valence-corrected chi connectivity index (χ0v) is 10.5. The van der Waals surface area contributed by atoms with Crippen LogP contribution in [0.5, 0.6) is 11.5 Å². The van der Waals surface area contributed by atoms with Gasteiger partial charge in [-0.15, -0.1) is 11.6 Å². The summed E-state index contributed by atoms with van der Waals surface area (Å²) in [6.07, 6.45) is 0. The van der Waals surface area contributed by atoms with E-state index in [4.69, 9.17) is 16.3 Å². The van der Waals surface area contributed by atoms with E-state index in [1.165, 1.54) is 18.2 Å². The zero-order chi connectivity index (χ0) is 13.1. The Bertz CT molecular complexity index is 570. The van der Waals surface area contributed by atoms with E-state index >= 15 is 0 Å². The van der Waals surface area contributed by atoms with Crippen molar-refractivity contribution in [2.45, 2.75) is 12.8 Å². The first-order valence-electron chi connectivity index (χ1n) is 5.38. The number of benzene rings is 2. The summed E-state index contributed by atoms with van der Waals surface area (Å²) in [6.45, 7) is 1.66. The molecule has 0 N–H and O–H groups in total. The fraction of sp³-hybridized carbons (Fsp3) is 0.143. The number of halogens is 3. The van der Waals surface area contributed by atoms with Crippen LogP contribution in [-0.4, -0.2) is 0 Å². The van der Waals surface area contributed by atoms with Crippen LogP contribution in [0.2, 0.25) is 0 Å². The molecule has 0 radical (unpaired) electrons. The summed E-state index contributed by atoms with van der Waals surface area (Å²) < 4.78 is 32.0. The van der Waals surface area contributed by atoms with Gasteiger partial charge in [0.15, 0.2) is 0 Å². The van der Waals surface area contributed by atoms with Crippen molar-refractivity contribution in [1.29, 1.82) is 0 Å². The molecule has 4 heteroatoms. The van der Waals surface area contributed by atoms with Gasteiger partial charge in [0.05, 0.1) is 0 Å². The zero-order valence-electron chi connectivity index (χ0n) is 9.71. The minimum absolute atomic E-state index is 0.191. The summed E-state index contributed by atoms with van der Waals surface area (Å²) in [6, 6.07) is 8.67. The highest BCUT2D eigenvalue weighted by Crippen LogP contribution is 2.25. The van der Waals surface area contributed by atoms with Gasteiger partial charge >= 0.3 is 0 Å². The molecule has 0 bridgehead atoms. The van der Waals surface area contributed by atoms with Gasteiger partial charge in [-0.1, -0.05) is 6.07 Å². The molecule has 0 aliphatic heterocycles. The van der Waals surface area contributed by atoms with Crippen molar-refractivity contribution in [2.24, 2.45) is 0 Å². The van der Waals surface area contributed by atoms with Crippen LogP contribution in [0, 0.1) is 18.6 Å². The molecule has 2 rings (SSSR count). The Morgan fingerprint density at radius 1 is 1.06 bits per heavy atom. The second-order valence-electron chi connectivity index (χ2n) is 3.94. The van der Waals surface area contributed by atoms with Crippen molar-refractivity contribution in [3.63, 3.8) is 0 Å². The van der Waals surface area contributed by atoms with E-state index in [1.807, 2.05) is 0 Å². The van der Waals surface area contributed by atoms with Crippen LogP contribution >= 0.6 is 11.6 Å². The van der Waals surface area contributed by atoms with Crippen LogP contribution in [0.3, 0.4) is 0 Å². The molecule has 0 unspecified atom stereocenters. The molecule has 0 saturated heterocycles. The topological polar surface area (TPSA) is 9.23 Å². The first-order chi connectivity index (χ1) is 8.58. The van der Waals surface area contributed by atoms with Crippen molar-refractivity contribution in [2.75, 3.05) is 0 Å². The maximum atomic E-state index is 13.3.